The Morgan fingerprint density at radius 3 is 2.50 bits per heavy atom. The number of amides is 2. The minimum absolute atomic E-state index is 0.00622. The first-order valence-corrected chi connectivity index (χ1v) is 13.0. The maximum atomic E-state index is 13.0. The molecule has 1 unspecified atom stereocenters. The van der Waals surface area contributed by atoms with Gasteiger partial charge in [0.1, 0.15) is 17.4 Å². The zero-order chi connectivity index (χ0) is 29.6. The van der Waals surface area contributed by atoms with Crippen molar-refractivity contribution < 1.29 is 27.9 Å². The Labute approximate surface area is 235 Å². The Morgan fingerprint density at radius 1 is 1.23 bits per heavy atom. The number of hydrogen-bond donors (Lipinski definition) is 4. The second-order valence-corrected chi connectivity index (χ2v) is 10.1. The van der Waals surface area contributed by atoms with Gasteiger partial charge in [0.05, 0.1) is 30.3 Å². The van der Waals surface area contributed by atoms with Crippen LogP contribution in [0.25, 0.3) is 0 Å². The van der Waals surface area contributed by atoms with E-state index in [0.717, 1.165) is 0 Å². The number of carbonyl (C=O) groups is 2. The molecule has 40 heavy (non-hydrogen) atoms. The van der Waals surface area contributed by atoms with Gasteiger partial charge < -0.3 is 16.2 Å². The van der Waals surface area contributed by atoms with Gasteiger partial charge in [-0.15, -0.1) is 0 Å². The Morgan fingerprint density at radius 2 is 1.90 bits per heavy atom. The number of rotatable bonds is 8. The van der Waals surface area contributed by atoms with Gasteiger partial charge >= 0.3 is 12.2 Å². The summed E-state index contributed by atoms with van der Waals surface area (Å²) in [5.41, 5.74) is 8.28. The van der Waals surface area contributed by atoms with E-state index >= 15 is 0 Å². The van der Waals surface area contributed by atoms with Crippen molar-refractivity contribution in [3.8, 4) is 5.75 Å². The lowest BCUT2D eigenvalue weighted by molar-refractivity contribution is -0.135. The molecule has 0 spiro atoms. The van der Waals surface area contributed by atoms with Gasteiger partial charge in [-0.1, -0.05) is 31.5 Å². The van der Waals surface area contributed by atoms with E-state index in [0.29, 0.717) is 39.7 Å². The maximum absolute atomic E-state index is 13.0. The summed E-state index contributed by atoms with van der Waals surface area (Å²) >= 11 is 6.10. The highest BCUT2D eigenvalue weighted by atomic mass is 35.5. The monoisotopic (exact) mass is 577 g/mol. The molecule has 2 amide bonds. The summed E-state index contributed by atoms with van der Waals surface area (Å²) in [7, 11) is 0. The van der Waals surface area contributed by atoms with Crippen molar-refractivity contribution in [2.75, 3.05) is 13.1 Å². The fourth-order valence-electron chi connectivity index (χ4n) is 4.30. The van der Waals surface area contributed by atoms with Gasteiger partial charge in [0, 0.05) is 28.7 Å². The van der Waals surface area contributed by atoms with Gasteiger partial charge in [-0.25, -0.2) is 4.79 Å². The number of phenols is 1. The molecule has 1 saturated carbocycles. The number of nitrogens with one attached hydrogen (secondary N) is 2. The van der Waals surface area contributed by atoms with Crippen LogP contribution in [-0.4, -0.2) is 52.6 Å². The molecule has 0 aliphatic heterocycles. The molecule has 0 heterocycles. The number of allylic oxidation sites excluding steroid dienone is 1. The largest absolute Gasteiger partial charge is 0.508 e. The second kappa shape index (κ2) is 13.0. The Bertz CT molecular complexity index is 1320. The van der Waals surface area contributed by atoms with Crippen molar-refractivity contribution in [1.29, 1.82) is 5.41 Å². The number of nitrogens with two attached hydrogens (primary N) is 1. The third kappa shape index (κ3) is 8.08. The molecule has 214 valence electrons. The first kappa shape index (κ1) is 30.7. The topological polar surface area (TPSA) is 132 Å². The van der Waals surface area contributed by atoms with Crippen LogP contribution in [0.4, 0.5) is 23.7 Å². The lowest BCUT2D eigenvalue weighted by Gasteiger charge is -2.24. The van der Waals surface area contributed by atoms with E-state index in [2.05, 4.69) is 10.3 Å². The number of halogens is 4. The molecule has 12 heteroatoms. The number of ketones is 1. The van der Waals surface area contributed by atoms with Crippen molar-refractivity contribution in [1.82, 2.24) is 10.2 Å². The number of aromatic hydroxyl groups is 1. The van der Waals surface area contributed by atoms with E-state index in [-0.39, 0.29) is 35.3 Å². The van der Waals surface area contributed by atoms with E-state index in [4.69, 9.17) is 22.7 Å². The predicted molar refractivity (Wildman–Crippen MR) is 148 cm³/mol. The molecule has 1 aliphatic rings. The van der Waals surface area contributed by atoms with Crippen LogP contribution in [-0.2, 0) is 4.79 Å². The van der Waals surface area contributed by atoms with Crippen LogP contribution in [0.2, 0.25) is 5.02 Å². The summed E-state index contributed by atoms with van der Waals surface area (Å²) in [5.74, 6) is -1.33. The number of alkyl halides is 3. The number of urea groups is 1. The van der Waals surface area contributed by atoms with Crippen LogP contribution >= 0.6 is 11.6 Å². The average Bonchev–Trinajstić information content (AvgIpc) is 3.29. The molecule has 3 rings (SSSR count). The van der Waals surface area contributed by atoms with Crippen LogP contribution < -0.4 is 11.1 Å². The van der Waals surface area contributed by atoms with Gasteiger partial charge in [0.2, 0.25) is 0 Å². The quantitative estimate of drug-likeness (QED) is 0.228. The van der Waals surface area contributed by atoms with Gasteiger partial charge in [0.25, 0.3) is 0 Å². The molecule has 0 radical (unpaired) electrons. The van der Waals surface area contributed by atoms with Crippen molar-refractivity contribution in [2.24, 2.45) is 22.6 Å². The van der Waals surface area contributed by atoms with Crippen LogP contribution in [0.15, 0.2) is 64.8 Å². The van der Waals surface area contributed by atoms with Crippen LogP contribution in [0, 0.1) is 17.2 Å². The Hall–Kier alpha value is -3.86. The number of hydrogen-bond acceptors (Lipinski definition) is 6. The van der Waals surface area contributed by atoms with Gasteiger partial charge in [-0.3, -0.25) is 20.1 Å². The van der Waals surface area contributed by atoms with Crippen LogP contribution in [0.5, 0.6) is 5.75 Å². The normalized spacial score (nSPS) is 17.7. The predicted octanol–water partition coefficient (Wildman–Crippen LogP) is 5.96. The summed E-state index contributed by atoms with van der Waals surface area (Å²) < 4.78 is 39.0. The highest BCUT2D eigenvalue weighted by Crippen LogP contribution is 2.34. The Balaban J connectivity index is 1.87. The SMILES string of the molecule is CC(C)C(=O)C1CC/C(=C(/N)CNC(=O)N(CCC(F)(F)F)C(=N)c2ccc(O)cc2)C1=Nc1cccc(Cl)c1. The zero-order valence-electron chi connectivity index (χ0n) is 22.1. The smallest absolute Gasteiger partial charge is 0.390 e. The summed E-state index contributed by atoms with van der Waals surface area (Å²) in [6.07, 6.45) is -4.98. The molecule has 1 fully saturated rings. The number of benzene rings is 2. The lowest BCUT2D eigenvalue weighted by Crippen LogP contribution is -2.46. The van der Waals surface area contributed by atoms with Gasteiger partial charge in [-0.2, -0.15) is 13.2 Å². The fourth-order valence-corrected chi connectivity index (χ4v) is 4.48. The summed E-state index contributed by atoms with van der Waals surface area (Å²) in [5, 5.41) is 20.8. The standard InChI is InChI=1S/C28H31ClF3N5O3/c1-16(2)25(39)22-11-10-21(24(22)36-19-5-3-4-18(29)14-19)23(33)15-35-27(40)37(13-12-28(30,31)32)26(34)17-6-8-20(38)9-7-17/h3-9,14,16,22,34,38H,10-13,15,33H2,1-2H3,(H,35,40)/b23-21-,34-26?,36-24?. The lowest BCUT2D eigenvalue weighted by atomic mass is 9.92. The number of phenolic OH excluding ortho intramolecular Hbond substituents is 1. The maximum Gasteiger partial charge on any atom is 0.390 e. The number of amidine groups is 1. The number of aliphatic imine (C=N–C) groups is 1. The first-order chi connectivity index (χ1) is 18.8. The van der Waals surface area contributed by atoms with Gasteiger partial charge in [0.15, 0.2) is 0 Å². The third-order valence-electron chi connectivity index (χ3n) is 6.38. The summed E-state index contributed by atoms with van der Waals surface area (Å²) in [6.45, 7) is 2.56. The molecule has 8 nitrogen and oxygen atoms in total. The molecule has 1 aliphatic carbocycles. The minimum atomic E-state index is -4.55. The summed E-state index contributed by atoms with van der Waals surface area (Å²) in [4.78, 5) is 31.3. The number of carbonyl (C=O) groups excluding carboxylic acids is 2. The van der Waals surface area contributed by atoms with Crippen molar-refractivity contribution in [3.05, 3.63) is 70.4 Å². The molecule has 0 saturated heterocycles. The van der Waals surface area contributed by atoms with Gasteiger partial charge in [-0.05, 0) is 60.9 Å². The molecule has 0 aromatic heterocycles. The molecular formula is C28H31ClF3N5O3. The van der Waals surface area contributed by atoms with E-state index in [1.165, 1.54) is 24.3 Å². The van der Waals surface area contributed by atoms with E-state index < -0.39 is 36.9 Å². The van der Waals surface area contributed by atoms with E-state index in [1.54, 1.807) is 38.1 Å². The zero-order valence-corrected chi connectivity index (χ0v) is 22.8. The first-order valence-electron chi connectivity index (χ1n) is 12.6. The van der Waals surface area contributed by atoms with E-state index in [1.807, 2.05) is 0 Å². The van der Waals surface area contributed by atoms with E-state index in [9.17, 15) is 27.9 Å². The highest BCUT2D eigenvalue weighted by Gasteiger charge is 2.36. The molecule has 1 atom stereocenters. The van der Waals surface area contributed by atoms with Crippen molar-refractivity contribution >= 4 is 40.6 Å². The molecule has 5 N–H and O–H groups in total. The summed E-state index contributed by atoms with van der Waals surface area (Å²) in [6, 6.07) is 11.0. The third-order valence-corrected chi connectivity index (χ3v) is 6.62. The average molecular weight is 578 g/mol. The second-order valence-electron chi connectivity index (χ2n) is 9.70. The fraction of sp³-hybridized carbons (Fsp3) is 0.357. The molecule has 0 bridgehead atoms. The van der Waals surface area contributed by atoms with Crippen molar-refractivity contribution in [2.45, 2.75) is 39.3 Å². The molecule has 2 aromatic carbocycles. The van der Waals surface area contributed by atoms with Crippen molar-refractivity contribution in [3.63, 3.8) is 0 Å². The number of nitrogens with zero attached hydrogens (tertiary/aromatic N) is 2. The number of Topliss-reactive ketones (excluding diaryl/α,β-unsaturated/α-hetero) is 1. The molecule has 2 aromatic rings. The highest BCUT2D eigenvalue weighted by molar-refractivity contribution is 6.30. The Kier molecular flexibility index (Phi) is 9.97. The van der Waals surface area contributed by atoms with Crippen LogP contribution in [0.3, 0.4) is 0 Å². The molecular weight excluding hydrogens is 547 g/mol. The minimum Gasteiger partial charge on any atom is -0.508 e. The van der Waals surface area contributed by atoms with Crippen LogP contribution in [0.1, 0.15) is 38.7 Å².